The molecule has 0 aliphatic heterocycles. The van der Waals surface area contributed by atoms with Crippen LogP contribution in [0, 0.1) is 6.92 Å². The van der Waals surface area contributed by atoms with Gasteiger partial charge in [0.05, 0.1) is 10.9 Å². The summed E-state index contributed by atoms with van der Waals surface area (Å²) in [6.07, 6.45) is 1.65. The fraction of sp³-hybridized carbons (Fsp3) is 0.231. The summed E-state index contributed by atoms with van der Waals surface area (Å²) in [5, 5.41) is 11.8. The summed E-state index contributed by atoms with van der Waals surface area (Å²) in [7, 11) is 0. The number of ether oxygens (including phenoxy) is 1. The molecule has 0 amide bonds. The van der Waals surface area contributed by atoms with E-state index >= 15 is 0 Å². The summed E-state index contributed by atoms with van der Waals surface area (Å²) in [5.41, 5.74) is 1.29. The number of hydrogen-bond acceptors (Lipinski definition) is 4. The Balaban J connectivity index is 2.34. The molecule has 2 rings (SSSR count). The van der Waals surface area contributed by atoms with E-state index in [9.17, 15) is 4.79 Å². The van der Waals surface area contributed by atoms with Crippen LogP contribution in [-0.2, 0) is 4.79 Å². The molecular weight excluding hydrogens is 286 g/mol. The van der Waals surface area contributed by atoms with Crippen LogP contribution in [0.5, 0.6) is 10.9 Å². The predicted molar refractivity (Wildman–Crippen MR) is 74.4 cm³/mol. The molecule has 19 heavy (non-hydrogen) atoms. The number of carbonyl (C=O) groups is 1. The van der Waals surface area contributed by atoms with Crippen LogP contribution in [0.15, 0.2) is 23.7 Å². The molecule has 1 N–H and O–H groups in total. The Bertz CT molecular complexity index is 598. The summed E-state index contributed by atoms with van der Waals surface area (Å²) in [6.45, 7) is 3.40. The number of hydrogen-bond donors (Lipinski definition) is 1. The highest BCUT2D eigenvalue weighted by molar-refractivity contribution is 7.11. The molecule has 100 valence electrons. The molecule has 0 saturated heterocycles. The van der Waals surface area contributed by atoms with Crippen LogP contribution in [0.25, 0.3) is 0 Å². The lowest BCUT2D eigenvalue weighted by Gasteiger charge is -2.14. The van der Waals surface area contributed by atoms with Gasteiger partial charge in [-0.25, -0.2) is 4.98 Å². The largest absolute Gasteiger partial charge is 0.481 e. The first kappa shape index (κ1) is 13.8. The van der Waals surface area contributed by atoms with Crippen LogP contribution in [0.3, 0.4) is 0 Å². The first-order valence-electron chi connectivity index (χ1n) is 5.60. The highest BCUT2D eigenvalue weighted by Crippen LogP contribution is 2.35. The van der Waals surface area contributed by atoms with Gasteiger partial charge < -0.3 is 9.84 Å². The molecule has 1 aromatic carbocycles. The van der Waals surface area contributed by atoms with Crippen molar-refractivity contribution in [2.75, 3.05) is 0 Å². The summed E-state index contributed by atoms with van der Waals surface area (Å²) in [4.78, 5) is 15.0. The Morgan fingerprint density at radius 3 is 2.84 bits per heavy atom. The maximum absolute atomic E-state index is 11.0. The molecule has 1 unspecified atom stereocenters. The van der Waals surface area contributed by atoms with Gasteiger partial charge in [-0.3, -0.25) is 4.79 Å². The standard InChI is InChI=1S/C13H12ClNO3S/c1-7(12(16)17)9-3-4-10(8(2)11(9)14)18-13-15-5-6-19-13/h3-7H,1-2H3,(H,16,17). The van der Waals surface area contributed by atoms with Gasteiger partial charge in [0.1, 0.15) is 5.75 Å². The van der Waals surface area contributed by atoms with Crippen LogP contribution < -0.4 is 4.74 Å². The van der Waals surface area contributed by atoms with E-state index in [1.165, 1.54) is 11.3 Å². The van der Waals surface area contributed by atoms with Crippen molar-refractivity contribution >= 4 is 28.9 Å². The highest BCUT2D eigenvalue weighted by atomic mass is 35.5. The van der Waals surface area contributed by atoms with Crippen molar-refractivity contribution in [2.45, 2.75) is 19.8 Å². The Kier molecular flexibility index (Phi) is 4.07. The third kappa shape index (κ3) is 2.88. The van der Waals surface area contributed by atoms with Gasteiger partial charge in [-0.15, -0.1) is 0 Å². The topological polar surface area (TPSA) is 59.4 Å². The molecule has 4 nitrogen and oxygen atoms in total. The zero-order valence-corrected chi connectivity index (χ0v) is 12.0. The number of benzene rings is 1. The molecule has 0 fully saturated rings. The van der Waals surface area contributed by atoms with E-state index in [0.29, 0.717) is 27.1 Å². The maximum Gasteiger partial charge on any atom is 0.310 e. The number of rotatable bonds is 4. The Hall–Kier alpha value is -1.59. The van der Waals surface area contributed by atoms with Crippen molar-refractivity contribution in [3.8, 4) is 10.9 Å². The Morgan fingerprint density at radius 2 is 2.26 bits per heavy atom. The minimum absolute atomic E-state index is 0.420. The molecule has 0 aliphatic carbocycles. The van der Waals surface area contributed by atoms with Gasteiger partial charge in [-0.05, 0) is 25.5 Å². The van der Waals surface area contributed by atoms with Gasteiger partial charge in [-0.2, -0.15) is 0 Å². The van der Waals surface area contributed by atoms with E-state index in [0.717, 1.165) is 0 Å². The molecule has 1 atom stereocenters. The maximum atomic E-state index is 11.0. The zero-order valence-electron chi connectivity index (χ0n) is 10.4. The second-order valence-corrected chi connectivity index (χ2v) is 5.29. The molecule has 6 heteroatoms. The highest BCUT2D eigenvalue weighted by Gasteiger charge is 2.20. The summed E-state index contributed by atoms with van der Waals surface area (Å²) >= 11 is 7.59. The van der Waals surface area contributed by atoms with Crippen LogP contribution in [0.1, 0.15) is 24.0 Å². The van der Waals surface area contributed by atoms with Crippen molar-refractivity contribution in [2.24, 2.45) is 0 Å². The number of aromatic nitrogens is 1. The lowest BCUT2D eigenvalue weighted by molar-refractivity contribution is -0.138. The van der Waals surface area contributed by atoms with Crippen molar-refractivity contribution in [3.63, 3.8) is 0 Å². The molecule has 0 spiro atoms. The quantitative estimate of drug-likeness (QED) is 0.923. The van der Waals surface area contributed by atoms with Gasteiger partial charge in [0.2, 0.25) is 0 Å². The molecular formula is C13H12ClNO3S. The van der Waals surface area contributed by atoms with Crippen LogP contribution in [0.4, 0.5) is 0 Å². The molecule has 0 bridgehead atoms. The minimum atomic E-state index is -0.908. The van der Waals surface area contributed by atoms with Gasteiger partial charge in [0, 0.05) is 17.1 Å². The van der Waals surface area contributed by atoms with E-state index in [1.54, 1.807) is 32.2 Å². The van der Waals surface area contributed by atoms with E-state index in [-0.39, 0.29) is 0 Å². The van der Waals surface area contributed by atoms with E-state index < -0.39 is 11.9 Å². The first-order chi connectivity index (χ1) is 9.00. The molecule has 2 aromatic rings. The average Bonchev–Trinajstić information content (AvgIpc) is 2.87. The zero-order chi connectivity index (χ0) is 14.0. The second kappa shape index (κ2) is 5.59. The lowest BCUT2D eigenvalue weighted by atomic mass is 9.99. The summed E-state index contributed by atoms with van der Waals surface area (Å²) < 4.78 is 5.60. The van der Waals surface area contributed by atoms with Gasteiger partial charge in [0.25, 0.3) is 5.19 Å². The summed E-state index contributed by atoms with van der Waals surface area (Å²) in [5.74, 6) is -0.976. The number of carboxylic acids is 1. The number of halogens is 1. The molecule has 1 aromatic heterocycles. The Labute approximate surface area is 119 Å². The SMILES string of the molecule is Cc1c(Oc2nccs2)ccc(C(C)C(=O)O)c1Cl. The molecule has 0 saturated carbocycles. The minimum Gasteiger partial charge on any atom is -0.481 e. The third-order valence-electron chi connectivity index (χ3n) is 2.81. The first-order valence-corrected chi connectivity index (χ1v) is 6.85. The fourth-order valence-electron chi connectivity index (χ4n) is 1.62. The number of carboxylic acid groups (broad SMARTS) is 1. The molecule has 0 radical (unpaired) electrons. The lowest BCUT2D eigenvalue weighted by Crippen LogP contribution is -2.08. The van der Waals surface area contributed by atoms with Crippen molar-refractivity contribution in [1.29, 1.82) is 0 Å². The number of nitrogens with zero attached hydrogens (tertiary/aromatic N) is 1. The van der Waals surface area contributed by atoms with Crippen molar-refractivity contribution in [1.82, 2.24) is 4.98 Å². The van der Waals surface area contributed by atoms with Gasteiger partial charge >= 0.3 is 5.97 Å². The summed E-state index contributed by atoms with van der Waals surface area (Å²) in [6, 6.07) is 3.40. The normalized spacial score (nSPS) is 12.2. The van der Waals surface area contributed by atoms with E-state index in [2.05, 4.69) is 4.98 Å². The number of thiazole rings is 1. The second-order valence-electron chi connectivity index (χ2n) is 4.05. The van der Waals surface area contributed by atoms with E-state index in [4.69, 9.17) is 21.4 Å². The van der Waals surface area contributed by atoms with Crippen LogP contribution in [0.2, 0.25) is 5.02 Å². The average molecular weight is 298 g/mol. The third-order valence-corrected chi connectivity index (χ3v) is 3.96. The van der Waals surface area contributed by atoms with Crippen LogP contribution in [-0.4, -0.2) is 16.1 Å². The van der Waals surface area contributed by atoms with Crippen LogP contribution >= 0.6 is 22.9 Å². The Morgan fingerprint density at radius 1 is 1.53 bits per heavy atom. The van der Waals surface area contributed by atoms with Gasteiger partial charge in [-0.1, -0.05) is 29.0 Å². The monoisotopic (exact) mass is 297 g/mol. The van der Waals surface area contributed by atoms with Gasteiger partial charge in [0.15, 0.2) is 0 Å². The van der Waals surface area contributed by atoms with E-state index in [1.807, 2.05) is 5.38 Å². The van der Waals surface area contributed by atoms with Crippen molar-refractivity contribution < 1.29 is 14.6 Å². The smallest absolute Gasteiger partial charge is 0.310 e. The number of aliphatic carboxylic acids is 1. The predicted octanol–water partition coefficient (Wildman–Crippen LogP) is 4.09. The fourth-order valence-corrected chi connectivity index (χ4v) is 2.44. The molecule has 0 aliphatic rings. The van der Waals surface area contributed by atoms with Crippen molar-refractivity contribution in [3.05, 3.63) is 39.9 Å². The molecule has 1 heterocycles.